The first-order valence-electron chi connectivity index (χ1n) is 5.26. The number of imidazole rings is 1. The van der Waals surface area contributed by atoms with Gasteiger partial charge in [0.25, 0.3) is 0 Å². The first-order chi connectivity index (χ1) is 6.49. The molecule has 0 aliphatic heterocycles. The van der Waals surface area contributed by atoms with Crippen LogP contribution in [0.15, 0.2) is 6.20 Å². The third-order valence-electron chi connectivity index (χ3n) is 3.31. The van der Waals surface area contributed by atoms with E-state index in [2.05, 4.69) is 30.3 Å². The van der Waals surface area contributed by atoms with Crippen molar-refractivity contribution in [2.45, 2.75) is 46.1 Å². The summed E-state index contributed by atoms with van der Waals surface area (Å²) in [4.78, 5) is 3.12. The number of nitrogens with zero attached hydrogens (tertiary/aromatic N) is 1. The highest BCUT2D eigenvalue weighted by Crippen LogP contribution is 2.43. The highest BCUT2D eigenvalue weighted by Gasteiger charge is 2.32. The summed E-state index contributed by atoms with van der Waals surface area (Å²) in [7, 11) is 0. The van der Waals surface area contributed by atoms with Crippen molar-refractivity contribution in [3.63, 3.8) is 0 Å². The summed E-state index contributed by atoms with van der Waals surface area (Å²) in [6.45, 7) is 6.81. The third-order valence-corrected chi connectivity index (χ3v) is 3.63. The molecule has 0 radical (unpaired) electrons. The summed E-state index contributed by atoms with van der Waals surface area (Å²) in [5.74, 6) is 0. The fourth-order valence-electron chi connectivity index (χ4n) is 2.54. The van der Waals surface area contributed by atoms with Crippen LogP contribution in [0.3, 0.4) is 0 Å². The van der Waals surface area contributed by atoms with E-state index in [1.807, 2.05) is 6.20 Å². The second-order valence-corrected chi connectivity index (χ2v) is 5.55. The maximum atomic E-state index is 5.29. The molecule has 1 unspecified atom stereocenters. The van der Waals surface area contributed by atoms with E-state index in [4.69, 9.17) is 12.2 Å². The van der Waals surface area contributed by atoms with Crippen LogP contribution in [0.25, 0.3) is 0 Å². The Morgan fingerprint density at radius 2 is 2.29 bits per heavy atom. The third kappa shape index (κ3) is 1.65. The molecule has 0 bridgehead atoms. The second-order valence-electron chi connectivity index (χ2n) is 5.17. The molecule has 1 N–H and O–H groups in total. The van der Waals surface area contributed by atoms with Gasteiger partial charge in [-0.15, -0.1) is 0 Å². The predicted molar refractivity (Wildman–Crippen MR) is 61.0 cm³/mol. The van der Waals surface area contributed by atoms with Crippen molar-refractivity contribution in [3.05, 3.63) is 16.7 Å². The fraction of sp³-hybridized carbons (Fsp3) is 0.727. The van der Waals surface area contributed by atoms with Gasteiger partial charge >= 0.3 is 0 Å². The van der Waals surface area contributed by atoms with Crippen molar-refractivity contribution in [1.29, 1.82) is 0 Å². The summed E-state index contributed by atoms with van der Waals surface area (Å²) in [6.07, 6.45) is 5.83. The molecule has 2 nitrogen and oxygen atoms in total. The van der Waals surface area contributed by atoms with Crippen LogP contribution in [-0.4, -0.2) is 9.55 Å². The summed E-state index contributed by atoms with van der Waals surface area (Å²) in [5, 5.41) is 0. The maximum Gasteiger partial charge on any atom is 0.177 e. The van der Waals surface area contributed by atoms with Crippen molar-refractivity contribution in [3.8, 4) is 0 Å². The number of aromatic amines is 1. The fourth-order valence-corrected chi connectivity index (χ4v) is 2.89. The Bertz CT molecular complexity index is 386. The van der Waals surface area contributed by atoms with Gasteiger partial charge in [0, 0.05) is 17.9 Å². The Kier molecular flexibility index (Phi) is 2.30. The van der Waals surface area contributed by atoms with Crippen LogP contribution in [-0.2, 0) is 0 Å². The highest BCUT2D eigenvalue weighted by molar-refractivity contribution is 7.71. The van der Waals surface area contributed by atoms with E-state index in [1.165, 1.54) is 25.0 Å². The molecule has 78 valence electrons. The molecular formula is C11H18N2S. The number of hydrogen-bond donors (Lipinski definition) is 1. The van der Waals surface area contributed by atoms with Crippen LogP contribution in [0.5, 0.6) is 0 Å². The Labute approximate surface area is 90.3 Å². The summed E-state index contributed by atoms with van der Waals surface area (Å²) < 4.78 is 3.16. The molecule has 1 aliphatic carbocycles. The Morgan fingerprint density at radius 3 is 2.71 bits per heavy atom. The Balaban J connectivity index is 2.30. The zero-order valence-corrected chi connectivity index (χ0v) is 9.95. The zero-order valence-electron chi connectivity index (χ0n) is 9.13. The highest BCUT2D eigenvalue weighted by atomic mass is 32.1. The van der Waals surface area contributed by atoms with Crippen molar-refractivity contribution >= 4 is 12.2 Å². The number of hydrogen-bond acceptors (Lipinski definition) is 1. The van der Waals surface area contributed by atoms with Crippen LogP contribution in [0.1, 0.15) is 44.8 Å². The van der Waals surface area contributed by atoms with Gasteiger partial charge in [-0.05, 0) is 43.8 Å². The summed E-state index contributed by atoms with van der Waals surface area (Å²) >= 11 is 5.29. The van der Waals surface area contributed by atoms with Gasteiger partial charge in [-0.2, -0.15) is 0 Å². The molecule has 3 heteroatoms. The summed E-state index contributed by atoms with van der Waals surface area (Å²) in [5.41, 5.74) is 1.75. The lowest BCUT2D eigenvalue weighted by Crippen LogP contribution is -2.10. The van der Waals surface area contributed by atoms with E-state index in [0.717, 1.165) is 4.77 Å². The standard InChI is InChI=1S/C11H18N2S/c1-8-7-12-10(14)13(8)9-4-5-11(2,3)6-9/h7,9H,4-6H2,1-3H3,(H,12,14). The normalized spacial score (nSPS) is 25.5. The Hall–Kier alpha value is -0.570. The van der Waals surface area contributed by atoms with Crippen LogP contribution in [0, 0.1) is 17.1 Å². The first kappa shape index (κ1) is 9.97. The van der Waals surface area contributed by atoms with Crippen molar-refractivity contribution in [2.24, 2.45) is 5.41 Å². The molecule has 0 aromatic carbocycles. The SMILES string of the molecule is Cc1c[nH]c(=S)n1C1CCC(C)(C)C1. The predicted octanol–water partition coefficient (Wildman–Crippen LogP) is 3.61. The quantitative estimate of drug-likeness (QED) is 0.702. The molecular weight excluding hydrogens is 192 g/mol. The van der Waals surface area contributed by atoms with Gasteiger partial charge in [-0.25, -0.2) is 0 Å². The zero-order chi connectivity index (χ0) is 10.3. The van der Waals surface area contributed by atoms with Gasteiger partial charge in [-0.1, -0.05) is 13.8 Å². The molecule has 1 aromatic rings. The molecule has 0 spiro atoms. The lowest BCUT2D eigenvalue weighted by Gasteiger charge is -2.18. The minimum absolute atomic E-state index is 0.489. The topological polar surface area (TPSA) is 20.7 Å². The largest absolute Gasteiger partial charge is 0.337 e. The average Bonchev–Trinajstić information content (AvgIpc) is 2.56. The van der Waals surface area contributed by atoms with Gasteiger partial charge in [0.05, 0.1) is 0 Å². The molecule has 1 fully saturated rings. The number of aromatic nitrogens is 2. The van der Waals surface area contributed by atoms with Crippen LogP contribution >= 0.6 is 12.2 Å². The van der Waals surface area contributed by atoms with E-state index in [9.17, 15) is 0 Å². The van der Waals surface area contributed by atoms with Gasteiger partial charge in [0.1, 0.15) is 0 Å². The molecule has 0 saturated heterocycles. The molecule has 1 saturated carbocycles. The van der Waals surface area contributed by atoms with E-state index >= 15 is 0 Å². The van der Waals surface area contributed by atoms with Crippen LogP contribution in [0.4, 0.5) is 0 Å². The van der Waals surface area contributed by atoms with Crippen molar-refractivity contribution in [1.82, 2.24) is 9.55 Å². The maximum absolute atomic E-state index is 5.29. The number of rotatable bonds is 1. The molecule has 2 rings (SSSR count). The smallest absolute Gasteiger partial charge is 0.177 e. The van der Waals surface area contributed by atoms with Crippen LogP contribution in [0.2, 0.25) is 0 Å². The van der Waals surface area contributed by atoms with Gasteiger partial charge in [0.2, 0.25) is 0 Å². The molecule has 14 heavy (non-hydrogen) atoms. The van der Waals surface area contributed by atoms with Crippen molar-refractivity contribution in [2.75, 3.05) is 0 Å². The van der Waals surface area contributed by atoms with Gasteiger partial charge < -0.3 is 9.55 Å². The lowest BCUT2D eigenvalue weighted by molar-refractivity contribution is 0.356. The van der Waals surface area contributed by atoms with Crippen LogP contribution < -0.4 is 0 Å². The molecule has 1 aliphatic rings. The van der Waals surface area contributed by atoms with E-state index in [0.29, 0.717) is 11.5 Å². The summed E-state index contributed by atoms with van der Waals surface area (Å²) in [6, 6.07) is 0.615. The second kappa shape index (κ2) is 3.23. The molecule has 0 amide bonds. The van der Waals surface area contributed by atoms with Gasteiger partial charge in [0.15, 0.2) is 4.77 Å². The molecule has 1 atom stereocenters. The lowest BCUT2D eigenvalue weighted by atomic mass is 9.92. The minimum Gasteiger partial charge on any atom is -0.337 e. The monoisotopic (exact) mass is 210 g/mol. The first-order valence-corrected chi connectivity index (χ1v) is 5.67. The molecule has 1 aromatic heterocycles. The number of H-pyrrole nitrogens is 1. The van der Waals surface area contributed by atoms with Crippen molar-refractivity contribution < 1.29 is 0 Å². The minimum atomic E-state index is 0.489. The molecule has 1 heterocycles. The van der Waals surface area contributed by atoms with E-state index < -0.39 is 0 Å². The van der Waals surface area contributed by atoms with E-state index in [-0.39, 0.29) is 0 Å². The number of nitrogens with one attached hydrogen (secondary N) is 1. The average molecular weight is 210 g/mol. The number of aryl methyl sites for hydroxylation is 1. The van der Waals surface area contributed by atoms with Gasteiger partial charge in [-0.3, -0.25) is 0 Å². The Morgan fingerprint density at radius 1 is 1.57 bits per heavy atom. The van der Waals surface area contributed by atoms with E-state index in [1.54, 1.807) is 0 Å².